The summed E-state index contributed by atoms with van der Waals surface area (Å²) >= 11 is 0. The molecule has 0 bridgehead atoms. The standard InChI is InChI=1S/C8H10O4.Ba.2H/c9-7(10)5-3-1-2-4-6(5)8(11)12;;;/h3,6H,1-2,4H2,(H,9,10)(H,11,12);;;. The van der Waals surface area contributed by atoms with E-state index in [4.69, 9.17) is 10.2 Å². The number of allylic oxidation sites excluding steroid dienone is 1. The molecule has 0 fully saturated rings. The molecule has 1 rings (SSSR count). The molecule has 0 aromatic rings. The average molecular weight is 310 g/mol. The Balaban J connectivity index is 0.00000144. The zero-order chi connectivity index (χ0) is 9.14. The fraction of sp³-hybridized carbons (Fsp3) is 0.500. The van der Waals surface area contributed by atoms with Gasteiger partial charge in [-0.15, -0.1) is 0 Å². The van der Waals surface area contributed by atoms with Crippen molar-refractivity contribution in [1.29, 1.82) is 0 Å². The Hall–Kier alpha value is 0.251. The van der Waals surface area contributed by atoms with Crippen LogP contribution in [-0.2, 0) is 9.59 Å². The van der Waals surface area contributed by atoms with Gasteiger partial charge < -0.3 is 10.2 Å². The summed E-state index contributed by atoms with van der Waals surface area (Å²) in [5.74, 6) is -2.96. The van der Waals surface area contributed by atoms with E-state index in [0.29, 0.717) is 12.8 Å². The van der Waals surface area contributed by atoms with Crippen LogP contribution in [0.3, 0.4) is 0 Å². The summed E-state index contributed by atoms with van der Waals surface area (Å²) in [7, 11) is 0. The van der Waals surface area contributed by atoms with Crippen LogP contribution in [0.2, 0.25) is 0 Å². The molecule has 4 nitrogen and oxygen atoms in total. The molecule has 0 spiro atoms. The second-order valence-corrected chi connectivity index (χ2v) is 2.79. The summed E-state index contributed by atoms with van der Waals surface area (Å²) in [5.41, 5.74) is 0.0359. The van der Waals surface area contributed by atoms with Crippen molar-refractivity contribution in [3.05, 3.63) is 11.6 Å². The van der Waals surface area contributed by atoms with Gasteiger partial charge >= 0.3 is 60.8 Å². The Morgan fingerprint density at radius 3 is 2.38 bits per heavy atom. The predicted molar refractivity (Wildman–Crippen MR) is 49.2 cm³/mol. The van der Waals surface area contributed by atoms with Gasteiger partial charge in [0.2, 0.25) is 0 Å². The molecule has 0 aliphatic heterocycles. The second kappa shape index (κ2) is 5.87. The van der Waals surface area contributed by atoms with Gasteiger partial charge in [-0.05, 0) is 19.3 Å². The van der Waals surface area contributed by atoms with E-state index < -0.39 is 17.9 Å². The first-order chi connectivity index (χ1) is 5.63. The molecule has 1 atom stereocenters. The van der Waals surface area contributed by atoms with Gasteiger partial charge in [-0.25, -0.2) is 4.79 Å². The van der Waals surface area contributed by atoms with Gasteiger partial charge in [-0.1, -0.05) is 6.08 Å². The van der Waals surface area contributed by atoms with Crippen LogP contribution in [0.5, 0.6) is 0 Å². The Bertz CT molecular complexity index is 247. The molecule has 5 heteroatoms. The van der Waals surface area contributed by atoms with E-state index in [9.17, 15) is 9.59 Å². The third-order valence-corrected chi connectivity index (χ3v) is 1.98. The normalized spacial score (nSPS) is 21.2. The number of aliphatic carboxylic acids is 2. The van der Waals surface area contributed by atoms with Gasteiger partial charge in [-0.3, -0.25) is 4.79 Å². The molecular formula is C8H12BaO4. The first-order valence-corrected chi connectivity index (χ1v) is 3.79. The second-order valence-electron chi connectivity index (χ2n) is 2.79. The number of carbonyl (C=O) groups is 2. The molecule has 0 aromatic carbocycles. The Labute approximate surface area is 116 Å². The van der Waals surface area contributed by atoms with Crippen LogP contribution in [0.1, 0.15) is 19.3 Å². The van der Waals surface area contributed by atoms with Crippen molar-refractivity contribution in [3.63, 3.8) is 0 Å². The van der Waals surface area contributed by atoms with E-state index in [2.05, 4.69) is 0 Å². The van der Waals surface area contributed by atoms with E-state index in [0.717, 1.165) is 6.42 Å². The first kappa shape index (κ1) is 13.3. The number of rotatable bonds is 2. The summed E-state index contributed by atoms with van der Waals surface area (Å²) in [4.78, 5) is 21.1. The zero-order valence-corrected chi connectivity index (χ0v) is 6.49. The van der Waals surface area contributed by atoms with E-state index in [1.807, 2.05) is 0 Å². The van der Waals surface area contributed by atoms with E-state index >= 15 is 0 Å². The topological polar surface area (TPSA) is 74.6 Å². The van der Waals surface area contributed by atoms with Crippen molar-refractivity contribution in [1.82, 2.24) is 0 Å². The third-order valence-electron chi connectivity index (χ3n) is 1.98. The molecule has 0 heterocycles. The van der Waals surface area contributed by atoms with Gasteiger partial charge in [0.25, 0.3) is 0 Å². The molecule has 1 aliphatic rings. The van der Waals surface area contributed by atoms with E-state index in [-0.39, 0.29) is 54.5 Å². The van der Waals surface area contributed by atoms with E-state index in [1.165, 1.54) is 6.08 Å². The molecule has 1 unspecified atom stereocenters. The predicted octanol–water partition coefficient (Wildman–Crippen LogP) is -0.0341. The Morgan fingerprint density at radius 2 is 2.00 bits per heavy atom. The summed E-state index contributed by atoms with van der Waals surface area (Å²) in [5, 5.41) is 17.3. The minimum atomic E-state index is -1.11. The number of hydrogen-bond acceptors (Lipinski definition) is 2. The van der Waals surface area contributed by atoms with Crippen LogP contribution in [0.15, 0.2) is 11.6 Å². The summed E-state index contributed by atoms with van der Waals surface area (Å²) in [6, 6.07) is 0. The van der Waals surface area contributed by atoms with Gasteiger partial charge in [0, 0.05) is 5.57 Å². The fourth-order valence-corrected chi connectivity index (χ4v) is 1.37. The quantitative estimate of drug-likeness (QED) is 0.702. The molecule has 0 saturated heterocycles. The maximum absolute atomic E-state index is 10.6. The van der Waals surface area contributed by atoms with Crippen molar-refractivity contribution >= 4 is 60.8 Å². The van der Waals surface area contributed by atoms with Crippen LogP contribution in [0, 0.1) is 5.92 Å². The monoisotopic (exact) mass is 310 g/mol. The van der Waals surface area contributed by atoms with Gasteiger partial charge in [0.15, 0.2) is 0 Å². The molecule has 0 saturated carbocycles. The summed E-state index contributed by atoms with van der Waals surface area (Å²) < 4.78 is 0. The maximum atomic E-state index is 10.6. The van der Waals surface area contributed by atoms with Crippen LogP contribution in [-0.4, -0.2) is 71.0 Å². The molecule has 13 heavy (non-hydrogen) atoms. The molecule has 0 radical (unpaired) electrons. The molecular weight excluding hydrogens is 297 g/mol. The number of carboxylic acid groups (broad SMARTS) is 2. The van der Waals surface area contributed by atoms with Gasteiger partial charge in [0.05, 0.1) is 5.92 Å². The van der Waals surface area contributed by atoms with Gasteiger partial charge in [0.1, 0.15) is 0 Å². The van der Waals surface area contributed by atoms with Crippen molar-refractivity contribution < 1.29 is 19.8 Å². The SMILES string of the molecule is O=C(O)C1=CCCCC1C(=O)O.[BaH2]. The van der Waals surface area contributed by atoms with E-state index in [1.54, 1.807) is 0 Å². The van der Waals surface area contributed by atoms with Crippen molar-refractivity contribution in [2.45, 2.75) is 19.3 Å². The van der Waals surface area contributed by atoms with Crippen LogP contribution < -0.4 is 0 Å². The van der Waals surface area contributed by atoms with Crippen molar-refractivity contribution in [2.24, 2.45) is 5.92 Å². The first-order valence-electron chi connectivity index (χ1n) is 3.79. The number of hydrogen-bond donors (Lipinski definition) is 2. The summed E-state index contributed by atoms with van der Waals surface area (Å²) in [6.45, 7) is 0. The third kappa shape index (κ3) is 3.47. The Kier molecular flexibility index (Phi) is 5.99. The van der Waals surface area contributed by atoms with Crippen molar-refractivity contribution in [3.8, 4) is 0 Å². The van der Waals surface area contributed by atoms with Crippen molar-refractivity contribution in [2.75, 3.05) is 0 Å². The molecule has 0 amide bonds. The summed E-state index contributed by atoms with van der Waals surface area (Å²) in [6.07, 6.45) is 3.37. The van der Waals surface area contributed by atoms with Crippen LogP contribution in [0.4, 0.5) is 0 Å². The Morgan fingerprint density at radius 1 is 1.38 bits per heavy atom. The fourth-order valence-electron chi connectivity index (χ4n) is 1.37. The minimum absolute atomic E-state index is 0. The average Bonchev–Trinajstić information content (AvgIpc) is 2.04. The van der Waals surface area contributed by atoms with Crippen LogP contribution in [0.25, 0.3) is 0 Å². The number of carboxylic acids is 2. The molecule has 0 aromatic heterocycles. The molecule has 2 N–H and O–H groups in total. The zero-order valence-electron chi connectivity index (χ0n) is 6.49. The molecule has 1 aliphatic carbocycles. The van der Waals surface area contributed by atoms with Crippen LogP contribution >= 0.6 is 0 Å². The molecule has 70 valence electrons. The van der Waals surface area contributed by atoms with Gasteiger partial charge in [-0.2, -0.15) is 0 Å².